The number of hydrogen-bond donors (Lipinski definition) is 2. The van der Waals surface area contributed by atoms with Crippen LogP contribution in [0.4, 0.5) is 5.69 Å². The Morgan fingerprint density at radius 3 is 2.76 bits per heavy atom. The lowest BCUT2D eigenvalue weighted by Gasteiger charge is -2.03. The number of nitrogens with one attached hydrogen (secondary N) is 1. The van der Waals surface area contributed by atoms with Crippen molar-refractivity contribution in [2.45, 2.75) is 0 Å². The van der Waals surface area contributed by atoms with Gasteiger partial charge in [0.15, 0.2) is 16.7 Å². The highest BCUT2D eigenvalue weighted by atomic mass is 35.5. The van der Waals surface area contributed by atoms with Crippen LogP contribution in [-0.4, -0.2) is 23.3 Å². The van der Waals surface area contributed by atoms with E-state index in [1.54, 1.807) is 36.4 Å². The summed E-state index contributed by atoms with van der Waals surface area (Å²) in [6, 6.07) is 9.77. The van der Waals surface area contributed by atoms with Gasteiger partial charge in [-0.25, -0.2) is 4.99 Å². The first kappa shape index (κ1) is 17.7. The molecule has 1 aliphatic heterocycles. The van der Waals surface area contributed by atoms with Crippen LogP contribution >= 0.6 is 35.0 Å². The quantitative estimate of drug-likeness (QED) is 0.746. The predicted molar refractivity (Wildman–Crippen MR) is 102 cm³/mol. The molecule has 0 spiro atoms. The topological polar surface area (TPSA) is 70.9 Å². The average Bonchev–Trinajstić information content (AvgIpc) is 2.91. The fourth-order valence-electron chi connectivity index (χ4n) is 2.10. The van der Waals surface area contributed by atoms with Crippen molar-refractivity contribution < 1.29 is 14.6 Å². The molecule has 2 aromatic carbocycles. The normalized spacial score (nSPS) is 17.2. The Morgan fingerprint density at radius 2 is 2.04 bits per heavy atom. The predicted octanol–water partition coefficient (Wildman–Crippen LogP) is 4.60. The van der Waals surface area contributed by atoms with Crippen LogP contribution in [-0.2, 0) is 4.79 Å². The second-order valence-corrected chi connectivity index (χ2v) is 6.88. The summed E-state index contributed by atoms with van der Waals surface area (Å²) in [5.41, 5.74) is 1.24. The van der Waals surface area contributed by atoms with Crippen molar-refractivity contribution in [3.05, 3.63) is 56.9 Å². The highest BCUT2D eigenvalue weighted by molar-refractivity contribution is 8.18. The van der Waals surface area contributed by atoms with E-state index in [2.05, 4.69) is 10.3 Å². The molecule has 0 atom stereocenters. The van der Waals surface area contributed by atoms with Gasteiger partial charge in [0, 0.05) is 5.02 Å². The van der Waals surface area contributed by atoms with E-state index >= 15 is 0 Å². The van der Waals surface area contributed by atoms with Crippen LogP contribution in [0.5, 0.6) is 11.5 Å². The Hall–Kier alpha value is -2.15. The van der Waals surface area contributed by atoms with Crippen molar-refractivity contribution in [1.29, 1.82) is 0 Å². The molecule has 0 aromatic heterocycles. The molecule has 0 radical (unpaired) electrons. The molecular weight excluding hydrogens is 383 g/mol. The molecule has 0 bridgehead atoms. The second kappa shape index (κ2) is 7.39. The van der Waals surface area contributed by atoms with Gasteiger partial charge >= 0.3 is 0 Å². The highest BCUT2D eigenvalue weighted by Crippen LogP contribution is 2.33. The largest absolute Gasteiger partial charge is 0.504 e. The lowest BCUT2D eigenvalue weighted by molar-refractivity contribution is -0.115. The molecule has 1 heterocycles. The molecule has 128 valence electrons. The summed E-state index contributed by atoms with van der Waals surface area (Å²) < 4.78 is 5.06. The molecule has 2 N–H and O–H groups in total. The lowest BCUT2D eigenvalue weighted by Crippen LogP contribution is -2.19. The van der Waals surface area contributed by atoms with E-state index < -0.39 is 0 Å². The zero-order valence-electron chi connectivity index (χ0n) is 12.9. The maximum absolute atomic E-state index is 12.1. The van der Waals surface area contributed by atoms with Gasteiger partial charge in [0.25, 0.3) is 5.91 Å². The molecule has 3 rings (SSSR count). The van der Waals surface area contributed by atoms with Crippen molar-refractivity contribution in [2.75, 3.05) is 7.11 Å². The van der Waals surface area contributed by atoms with Crippen molar-refractivity contribution in [2.24, 2.45) is 4.99 Å². The fraction of sp³-hybridized carbons (Fsp3) is 0.0588. The van der Waals surface area contributed by atoms with Crippen molar-refractivity contribution in [3.8, 4) is 11.5 Å². The van der Waals surface area contributed by atoms with E-state index in [0.717, 1.165) is 5.56 Å². The van der Waals surface area contributed by atoms with Crippen LogP contribution in [0.15, 0.2) is 46.3 Å². The number of aromatic hydroxyl groups is 1. The number of carbonyl (C=O) groups excluding carboxylic acids is 1. The number of phenolic OH excluding ortho intramolecular Hbond substituents is 1. The maximum atomic E-state index is 12.1. The van der Waals surface area contributed by atoms with Gasteiger partial charge in [0.05, 0.1) is 22.7 Å². The number of carbonyl (C=O) groups is 1. The maximum Gasteiger partial charge on any atom is 0.264 e. The fourth-order valence-corrected chi connectivity index (χ4v) is 3.38. The molecular formula is C17H12Cl2N2O3S. The zero-order valence-corrected chi connectivity index (χ0v) is 15.2. The Labute approximate surface area is 158 Å². The van der Waals surface area contributed by atoms with Crippen LogP contribution in [0, 0.1) is 0 Å². The van der Waals surface area contributed by atoms with Crippen molar-refractivity contribution >= 4 is 57.8 Å². The van der Waals surface area contributed by atoms with Crippen LogP contribution in [0.3, 0.4) is 0 Å². The standard InChI is InChI=1S/C17H12Cl2N2O3S/c1-24-14-6-9(2-5-13(14)22)7-15-16(23)21-17(25-15)20-12-4-3-10(18)8-11(12)19/h2-8,22H,1H3,(H,20,21,23). The third-order valence-electron chi connectivity index (χ3n) is 3.28. The summed E-state index contributed by atoms with van der Waals surface area (Å²) in [5, 5.41) is 13.7. The van der Waals surface area contributed by atoms with Gasteiger partial charge in [-0.15, -0.1) is 0 Å². The number of aliphatic imine (C=N–C) groups is 1. The summed E-state index contributed by atoms with van der Waals surface area (Å²) in [7, 11) is 1.46. The van der Waals surface area contributed by atoms with E-state index in [4.69, 9.17) is 27.9 Å². The third-order valence-corrected chi connectivity index (χ3v) is 4.73. The molecule has 0 unspecified atom stereocenters. The van der Waals surface area contributed by atoms with E-state index in [9.17, 15) is 9.90 Å². The summed E-state index contributed by atoms with van der Waals surface area (Å²) in [6.07, 6.45) is 1.69. The van der Waals surface area contributed by atoms with Gasteiger partial charge in [-0.05, 0) is 53.7 Å². The molecule has 1 fully saturated rings. The lowest BCUT2D eigenvalue weighted by atomic mass is 10.2. The van der Waals surface area contributed by atoms with Gasteiger partial charge < -0.3 is 15.2 Å². The first-order valence-corrected chi connectivity index (χ1v) is 8.65. The summed E-state index contributed by atoms with van der Waals surface area (Å²) in [6.45, 7) is 0. The van der Waals surface area contributed by atoms with Gasteiger partial charge in [-0.1, -0.05) is 29.3 Å². The SMILES string of the molecule is COc1cc(C=C2SC(=Nc3ccc(Cl)cc3Cl)NC2=O)ccc1O. The Bertz CT molecular complexity index is 913. The minimum Gasteiger partial charge on any atom is -0.504 e. The number of hydrogen-bond acceptors (Lipinski definition) is 5. The molecule has 25 heavy (non-hydrogen) atoms. The first-order valence-electron chi connectivity index (χ1n) is 7.08. The molecule has 0 saturated carbocycles. The van der Waals surface area contributed by atoms with Crippen molar-refractivity contribution in [1.82, 2.24) is 5.32 Å². The Balaban J connectivity index is 1.86. The molecule has 1 aliphatic rings. The highest BCUT2D eigenvalue weighted by Gasteiger charge is 2.24. The van der Waals surface area contributed by atoms with Gasteiger partial charge in [0.1, 0.15) is 0 Å². The van der Waals surface area contributed by atoms with E-state index in [1.165, 1.54) is 24.9 Å². The minimum atomic E-state index is -0.263. The monoisotopic (exact) mass is 394 g/mol. The number of halogens is 2. The first-order chi connectivity index (χ1) is 12.0. The van der Waals surface area contributed by atoms with Gasteiger partial charge in [0.2, 0.25) is 0 Å². The molecule has 2 aromatic rings. The van der Waals surface area contributed by atoms with Crippen molar-refractivity contribution in [3.63, 3.8) is 0 Å². The molecule has 0 aliphatic carbocycles. The molecule has 1 amide bonds. The molecule has 5 nitrogen and oxygen atoms in total. The third kappa shape index (κ3) is 4.10. The Morgan fingerprint density at radius 1 is 1.24 bits per heavy atom. The van der Waals surface area contributed by atoms with Crippen LogP contribution < -0.4 is 10.1 Å². The number of amides is 1. The number of benzene rings is 2. The van der Waals surface area contributed by atoms with Gasteiger partial charge in [-0.3, -0.25) is 4.79 Å². The molecule has 8 heteroatoms. The number of phenols is 1. The number of ether oxygens (including phenoxy) is 1. The van der Waals surface area contributed by atoms with E-state index in [0.29, 0.717) is 31.6 Å². The zero-order chi connectivity index (χ0) is 18.0. The minimum absolute atomic E-state index is 0.0350. The van der Waals surface area contributed by atoms with E-state index in [1.807, 2.05) is 0 Å². The number of amidine groups is 1. The van der Waals surface area contributed by atoms with Crippen LogP contribution in [0.1, 0.15) is 5.56 Å². The summed E-state index contributed by atoms with van der Waals surface area (Å²) >= 11 is 13.1. The summed E-state index contributed by atoms with van der Waals surface area (Å²) in [5.74, 6) is 0.105. The summed E-state index contributed by atoms with van der Waals surface area (Å²) in [4.78, 5) is 16.9. The average molecular weight is 395 g/mol. The number of thioether (sulfide) groups is 1. The van der Waals surface area contributed by atoms with E-state index in [-0.39, 0.29) is 11.7 Å². The number of methoxy groups -OCH3 is 1. The Kier molecular flexibility index (Phi) is 5.22. The molecule has 1 saturated heterocycles. The van der Waals surface area contributed by atoms with Crippen LogP contribution in [0.25, 0.3) is 6.08 Å². The van der Waals surface area contributed by atoms with Gasteiger partial charge in [-0.2, -0.15) is 0 Å². The number of nitrogens with zero attached hydrogens (tertiary/aromatic N) is 1. The second-order valence-electron chi connectivity index (χ2n) is 5.01. The van der Waals surface area contributed by atoms with Crippen LogP contribution in [0.2, 0.25) is 10.0 Å². The number of rotatable bonds is 3. The smallest absolute Gasteiger partial charge is 0.264 e.